The average Bonchev–Trinajstić information content (AvgIpc) is 1.89. The van der Waals surface area contributed by atoms with Crippen LogP contribution >= 0.6 is 0 Å². The molecule has 0 bridgehead atoms. The van der Waals surface area contributed by atoms with Gasteiger partial charge in [-0.05, 0) is 12.8 Å². The topological polar surface area (TPSA) is 66.9 Å². The average molecular weight is 141 g/mol. The molecule has 0 aromatic carbocycles. The molecular formula is C7H13N2O. The first kappa shape index (κ1) is 7.54. The maximum atomic E-state index is 10.7. The summed E-state index contributed by atoms with van der Waals surface area (Å²) in [5.74, 6) is -0.591. The third-order valence-corrected chi connectivity index (χ3v) is 2.20. The van der Waals surface area contributed by atoms with Crippen molar-refractivity contribution in [2.45, 2.75) is 37.6 Å². The molecule has 3 N–H and O–H groups in total. The van der Waals surface area contributed by atoms with Crippen LogP contribution in [0.5, 0.6) is 0 Å². The zero-order chi connectivity index (χ0) is 7.61. The van der Waals surface area contributed by atoms with E-state index in [1.165, 1.54) is 0 Å². The number of amides is 1. The molecule has 1 rings (SSSR count). The van der Waals surface area contributed by atoms with Crippen LogP contribution in [0, 0.1) is 0 Å². The molecule has 3 nitrogen and oxygen atoms in total. The second kappa shape index (κ2) is 2.58. The predicted octanol–water partition coefficient (Wildman–Crippen LogP) is 0.457. The van der Waals surface area contributed by atoms with Gasteiger partial charge in [-0.1, -0.05) is 19.3 Å². The Balaban J connectivity index is 2.56. The first-order valence-corrected chi connectivity index (χ1v) is 3.70. The maximum absolute atomic E-state index is 10.7. The van der Waals surface area contributed by atoms with Crippen LogP contribution in [-0.2, 0) is 4.79 Å². The Morgan fingerprint density at radius 2 is 1.80 bits per heavy atom. The smallest absolute Gasteiger partial charge is 0.258 e. The van der Waals surface area contributed by atoms with Gasteiger partial charge in [-0.15, -0.1) is 0 Å². The molecule has 1 saturated carbocycles. The van der Waals surface area contributed by atoms with Crippen molar-refractivity contribution in [3.8, 4) is 0 Å². The number of carbonyl (C=O) groups is 1. The van der Waals surface area contributed by atoms with E-state index >= 15 is 0 Å². The molecule has 1 amide bonds. The quantitative estimate of drug-likeness (QED) is 0.576. The van der Waals surface area contributed by atoms with E-state index in [-0.39, 0.29) is 0 Å². The fourth-order valence-electron chi connectivity index (χ4n) is 1.41. The zero-order valence-electron chi connectivity index (χ0n) is 6.02. The number of nitrogens with two attached hydrogens (primary N) is 1. The standard InChI is InChI=1S/C7H13N2O/c8-6(10)7(9)4-2-1-3-5-7/h8H,1-5,9H2. The summed E-state index contributed by atoms with van der Waals surface area (Å²) in [4.78, 5) is 10.7. The number of rotatable bonds is 1. The third-order valence-electron chi connectivity index (χ3n) is 2.20. The van der Waals surface area contributed by atoms with Gasteiger partial charge in [0, 0.05) is 0 Å². The van der Waals surface area contributed by atoms with Crippen LogP contribution in [0.3, 0.4) is 0 Å². The summed E-state index contributed by atoms with van der Waals surface area (Å²) in [6.45, 7) is 0. The predicted molar refractivity (Wildman–Crippen MR) is 38.1 cm³/mol. The van der Waals surface area contributed by atoms with Crippen LogP contribution in [0.15, 0.2) is 0 Å². The van der Waals surface area contributed by atoms with E-state index in [0.29, 0.717) is 12.8 Å². The van der Waals surface area contributed by atoms with Crippen molar-refractivity contribution in [2.75, 3.05) is 0 Å². The van der Waals surface area contributed by atoms with Gasteiger partial charge in [0.1, 0.15) is 0 Å². The summed E-state index contributed by atoms with van der Waals surface area (Å²) >= 11 is 0. The molecule has 0 heterocycles. The van der Waals surface area contributed by atoms with Crippen molar-refractivity contribution in [1.29, 1.82) is 0 Å². The summed E-state index contributed by atoms with van der Waals surface area (Å²) in [7, 11) is 0. The molecule has 1 fully saturated rings. The lowest BCUT2D eigenvalue weighted by molar-refractivity contribution is -0.124. The number of hydrogen-bond acceptors (Lipinski definition) is 2. The van der Waals surface area contributed by atoms with E-state index in [4.69, 9.17) is 11.5 Å². The molecule has 0 spiro atoms. The lowest BCUT2D eigenvalue weighted by Gasteiger charge is -2.29. The van der Waals surface area contributed by atoms with E-state index in [1.54, 1.807) is 0 Å². The van der Waals surface area contributed by atoms with Crippen molar-refractivity contribution >= 4 is 5.91 Å². The fourth-order valence-corrected chi connectivity index (χ4v) is 1.41. The molecular weight excluding hydrogens is 128 g/mol. The molecule has 3 heteroatoms. The fraction of sp³-hybridized carbons (Fsp3) is 0.857. The summed E-state index contributed by atoms with van der Waals surface area (Å²) in [5.41, 5.74) is 11.8. The molecule has 0 aliphatic heterocycles. The first-order valence-electron chi connectivity index (χ1n) is 3.70. The highest BCUT2D eigenvalue weighted by molar-refractivity contribution is 5.83. The van der Waals surface area contributed by atoms with Crippen LogP contribution in [-0.4, -0.2) is 11.4 Å². The van der Waals surface area contributed by atoms with Crippen molar-refractivity contribution in [3.63, 3.8) is 0 Å². The summed E-state index contributed by atoms with van der Waals surface area (Å²) < 4.78 is 0. The Kier molecular flexibility index (Phi) is 1.94. The molecule has 10 heavy (non-hydrogen) atoms. The highest BCUT2D eigenvalue weighted by atomic mass is 16.1. The minimum atomic E-state index is -0.793. The van der Waals surface area contributed by atoms with Crippen molar-refractivity contribution in [2.24, 2.45) is 5.73 Å². The Labute approximate surface area is 60.8 Å². The van der Waals surface area contributed by atoms with Crippen LogP contribution in [0.25, 0.3) is 0 Å². The van der Waals surface area contributed by atoms with Gasteiger partial charge in [0.25, 0.3) is 5.91 Å². The van der Waals surface area contributed by atoms with E-state index in [0.717, 1.165) is 19.3 Å². The molecule has 1 aliphatic rings. The molecule has 1 aliphatic carbocycles. The Bertz CT molecular complexity index is 139. The normalized spacial score (nSPS) is 24.1. The van der Waals surface area contributed by atoms with Gasteiger partial charge in [-0.2, -0.15) is 0 Å². The Morgan fingerprint density at radius 3 is 2.10 bits per heavy atom. The second-order valence-corrected chi connectivity index (χ2v) is 3.05. The van der Waals surface area contributed by atoms with E-state index in [9.17, 15) is 4.79 Å². The SMILES string of the molecule is [NH]C(=O)C1(N)CCCCC1. The van der Waals surface area contributed by atoms with Crippen LogP contribution in [0.4, 0.5) is 0 Å². The molecule has 0 aromatic rings. The summed E-state index contributed by atoms with van der Waals surface area (Å²) in [6, 6.07) is 0. The molecule has 0 aromatic heterocycles. The monoisotopic (exact) mass is 141 g/mol. The van der Waals surface area contributed by atoms with E-state index in [2.05, 4.69) is 0 Å². The van der Waals surface area contributed by atoms with Gasteiger partial charge >= 0.3 is 0 Å². The zero-order valence-corrected chi connectivity index (χ0v) is 6.02. The van der Waals surface area contributed by atoms with Gasteiger partial charge in [0.2, 0.25) is 0 Å². The summed E-state index contributed by atoms with van der Waals surface area (Å²) in [5, 5.41) is 0. The third kappa shape index (κ3) is 1.29. The number of hydrogen-bond donors (Lipinski definition) is 1. The van der Waals surface area contributed by atoms with Crippen molar-refractivity contribution in [3.05, 3.63) is 0 Å². The minimum absolute atomic E-state index is 0.591. The molecule has 0 atom stereocenters. The van der Waals surface area contributed by atoms with Crippen molar-refractivity contribution < 1.29 is 4.79 Å². The highest BCUT2D eigenvalue weighted by Crippen LogP contribution is 2.25. The van der Waals surface area contributed by atoms with Crippen LogP contribution in [0.1, 0.15) is 32.1 Å². The van der Waals surface area contributed by atoms with Crippen LogP contribution in [0.2, 0.25) is 0 Å². The van der Waals surface area contributed by atoms with Gasteiger partial charge in [-0.25, -0.2) is 0 Å². The van der Waals surface area contributed by atoms with Gasteiger partial charge in [0.05, 0.1) is 5.54 Å². The molecule has 0 unspecified atom stereocenters. The first-order chi connectivity index (χ1) is 4.65. The van der Waals surface area contributed by atoms with Crippen LogP contribution < -0.4 is 11.5 Å². The van der Waals surface area contributed by atoms with Crippen molar-refractivity contribution in [1.82, 2.24) is 5.73 Å². The number of carbonyl (C=O) groups excluding carboxylic acids is 1. The molecule has 1 radical (unpaired) electrons. The van der Waals surface area contributed by atoms with Gasteiger partial charge < -0.3 is 5.73 Å². The lowest BCUT2D eigenvalue weighted by atomic mass is 9.82. The maximum Gasteiger partial charge on any atom is 0.258 e. The van der Waals surface area contributed by atoms with E-state index < -0.39 is 11.4 Å². The van der Waals surface area contributed by atoms with Gasteiger partial charge in [0.15, 0.2) is 0 Å². The summed E-state index contributed by atoms with van der Waals surface area (Å²) in [6.07, 6.45) is 4.57. The Morgan fingerprint density at radius 1 is 1.30 bits per heavy atom. The largest absolute Gasteiger partial charge is 0.317 e. The van der Waals surface area contributed by atoms with E-state index in [1.807, 2.05) is 0 Å². The second-order valence-electron chi connectivity index (χ2n) is 3.05. The Hall–Kier alpha value is -0.570. The minimum Gasteiger partial charge on any atom is -0.317 e. The number of nitrogens with one attached hydrogen (secondary N) is 1. The van der Waals surface area contributed by atoms with Gasteiger partial charge in [-0.3, -0.25) is 10.5 Å². The lowest BCUT2D eigenvalue weighted by Crippen LogP contribution is -2.49. The highest BCUT2D eigenvalue weighted by Gasteiger charge is 2.33. The molecule has 0 saturated heterocycles. The molecule has 57 valence electrons.